The molecule has 0 spiro atoms. The van der Waals surface area contributed by atoms with Crippen molar-refractivity contribution in [3.8, 4) is 6.07 Å². The first-order valence-electron chi connectivity index (χ1n) is 2.57. The SMILES string of the molecule is Cc1[c-]n(C)nc1C#N.[W]. The molecule has 0 aliphatic rings. The molecule has 1 rings (SSSR count). The third-order valence-corrected chi connectivity index (χ3v) is 1.04. The molecule has 3 nitrogen and oxygen atoms in total. The number of hydrogen-bond acceptors (Lipinski definition) is 2. The molecule has 1 heterocycles. The van der Waals surface area contributed by atoms with Crippen LogP contribution in [-0.4, -0.2) is 9.78 Å². The smallest absolute Gasteiger partial charge is 0.0202 e. The Morgan fingerprint density at radius 1 is 1.70 bits per heavy atom. The van der Waals surface area contributed by atoms with E-state index in [1.54, 1.807) is 7.05 Å². The third-order valence-electron chi connectivity index (χ3n) is 1.04. The Morgan fingerprint density at radius 3 is 2.50 bits per heavy atom. The summed E-state index contributed by atoms with van der Waals surface area (Å²) in [6.45, 7) is 1.81. The van der Waals surface area contributed by atoms with Gasteiger partial charge in [0, 0.05) is 39.9 Å². The van der Waals surface area contributed by atoms with Crippen molar-refractivity contribution in [2.24, 2.45) is 7.05 Å². The molecule has 0 saturated heterocycles. The van der Waals surface area contributed by atoms with Gasteiger partial charge in [0.1, 0.15) is 0 Å². The van der Waals surface area contributed by atoms with Crippen molar-refractivity contribution in [3.05, 3.63) is 17.5 Å². The van der Waals surface area contributed by atoms with Crippen molar-refractivity contribution >= 4 is 0 Å². The summed E-state index contributed by atoms with van der Waals surface area (Å²) in [5.74, 6) is 0. The molecule has 52 valence electrons. The van der Waals surface area contributed by atoms with Gasteiger partial charge in [-0.25, -0.2) is 5.26 Å². The van der Waals surface area contributed by atoms with Crippen LogP contribution in [-0.2, 0) is 28.1 Å². The standard InChI is InChI=1S/C6H6N3.W/c1-5-4-9(2)8-6(5)3-7;/h1-2H3;/q-1;. The van der Waals surface area contributed by atoms with E-state index in [1.807, 2.05) is 13.0 Å². The topological polar surface area (TPSA) is 41.6 Å². The van der Waals surface area contributed by atoms with Gasteiger partial charge in [-0.3, -0.25) is 5.10 Å². The second-order valence-corrected chi connectivity index (χ2v) is 1.82. The Labute approximate surface area is 73.9 Å². The van der Waals surface area contributed by atoms with Crippen LogP contribution in [0.15, 0.2) is 0 Å². The molecule has 0 aliphatic carbocycles. The zero-order valence-corrected chi connectivity index (χ0v) is 8.68. The first kappa shape index (κ1) is 9.39. The van der Waals surface area contributed by atoms with Gasteiger partial charge in [-0.05, 0) is 0 Å². The van der Waals surface area contributed by atoms with Crippen molar-refractivity contribution in [2.45, 2.75) is 6.92 Å². The van der Waals surface area contributed by atoms with Gasteiger partial charge in [-0.2, -0.15) is 5.56 Å². The first-order chi connectivity index (χ1) is 4.24. The maximum absolute atomic E-state index is 8.39. The number of aromatic nitrogens is 2. The molecule has 0 bridgehead atoms. The van der Waals surface area contributed by atoms with Crippen molar-refractivity contribution < 1.29 is 21.1 Å². The van der Waals surface area contributed by atoms with Gasteiger partial charge in [0.15, 0.2) is 0 Å². The van der Waals surface area contributed by atoms with Gasteiger partial charge < -0.3 is 4.68 Å². The minimum atomic E-state index is 0. The van der Waals surface area contributed by atoms with E-state index in [1.165, 1.54) is 4.68 Å². The summed E-state index contributed by atoms with van der Waals surface area (Å²) in [5.41, 5.74) is 1.26. The largest absolute Gasteiger partial charge is 0.378 e. The molecular formula is C6H6N3W-. The summed E-state index contributed by atoms with van der Waals surface area (Å²) < 4.78 is 1.51. The fourth-order valence-electron chi connectivity index (χ4n) is 0.652. The summed E-state index contributed by atoms with van der Waals surface area (Å²) in [5, 5.41) is 12.2. The van der Waals surface area contributed by atoms with E-state index in [-0.39, 0.29) is 21.1 Å². The summed E-state index contributed by atoms with van der Waals surface area (Å²) >= 11 is 0. The third kappa shape index (κ3) is 1.68. The van der Waals surface area contributed by atoms with Crippen LogP contribution in [0.1, 0.15) is 11.3 Å². The number of nitrogens with zero attached hydrogens (tertiary/aromatic N) is 3. The van der Waals surface area contributed by atoms with Gasteiger partial charge >= 0.3 is 0 Å². The van der Waals surface area contributed by atoms with E-state index in [0.29, 0.717) is 5.69 Å². The quantitative estimate of drug-likeness (QED) is 0.651. The zero-order chi connectivity index (χ0) is 6.85. The van der Waals surface area contributed by atoms with E-state index < -0.39 is 0 Å². The van der Waals surface area contributed by atoms with Crippen LogP contribution < -0.4 is 0 Å². The molecule has 0 fully saturated rings. The molecule has 0 atom stereocenters. The van der Waals surface area contributed by atoms with Crippen LogP contribution in [0.3, 0.4) is 0 Å². The fraction of sp³-hybridized carbons (Fsp3) is 0.333. The van der Waals surface area contributed by atoms with Crippen molar-refractivity contribution in [3.63, 3.8) is 0 Å². The van der Waals surface area contributed by atoms with E-state index >= 15 is 0 Å². The zero-order valence-electron chi connectivity index (χ0n) is 5.75. The molecule has 0 unspecified atom stereocenters. The molecule has 1 aromatic heterocycles. The Balaban J connectivity index is 0.000000810. The van der Waals surface area contributed by atoms with E-state index in [4.69, 9.17) is 5.26 Å². The number of aryl methyl sites for hydroxylation is 2. The Hall–Kier alpha value is -0.612. The van der Waals surface area contributed by atoms with Crippen LogP contribution in [0.4, 0.5) is 0 Å². The summed E-state index contributed by atoms with van der Waals surface area (Å²) in [6, 6.07) is 1.95. The number of rotatable bonds is 0. The second kappa shape index (κ2) is 3.53. The van der Waals surface area contributed by atoms with Crippen molar-refractivity contribution in [2.75, 3.05) is 0 Å². The summed E-state index contributed by atoms with van der Waals surface area (Å²) in [6.07, 6.45) is 2.84. The van der Waals surface area contributed by atoms with Crippen LogP contribution in [0.25, 0.3) is 0 Å². The molecule has 0 aliphatic heterocycles. The van der Waals surface area contributed by atoms with E-state index in [0.717, 1.165) is 5.56 Å². The molecular weight excluding hydrogens is 298 g/mol. The van der Waals surface area contributed by atoms with Gasteiger partial charge in [-0.15, -0.1) is 6.20 Å². The van der Waals surface area contributed by atoms with E-state index in [9.17, 15) is 0 Å². The Bertz CT molecular complexity index is 258. The van der Waals surface area contributed by atoms with Crippen LogP contribution in [0.5, 0.6) is 0 Å². The van der Waals surface area contributed by atoms with Gasteiger partial charge in [0.05, 0.1) is 0 Å². The van der Waals surface area contributed by atoms with Crippen molar-refractivity contribution in [1.82, 2.24) is 9.78 Å². The summed E-state index contributed by atoms with van der Waals surface area (Å²) in [4.78, 5) is 0. The van der Waals surface area contributed by atoms with Gasteiger partial charge in [0.25, 0.3) is 0 Å². The fourth-order valence-corrected chi connectivity index (χ4v) is 0.652. The van der Waals surface area contributed by atoms with Crippen LogP contribution >= 0.6 is 0 Å². The Kier molecular flexibility index (Phi) is 3.31. The number of nitriles is 1. The maximum Gasteiger partial charge on any atom is 0.0202 e. The molecule has 0 saturated carbocycles. The molecule has 10 heavy (non-hydrogen) atoms. The number of hydrogen-bond donors (Lipinski definition) is 0. The predicted octanol–water partition coefficient (Wildman–Crippen LogP) is 0.398. The molecule has 0 radical (unpaired) electrons. The average molecular weight is 304 g/mol. The predicted molar refractivity (Wildman–Crippen MR) is 31.5 cm³/mol. The molecule has 0 N–H and O–H groups in total. The van der Waals surface area contributed by atoms with Crippen molar-refractivity contribution in [1.29, 1.82) is 5.26 Å². The molecule has 0 amide bonds. The summed E-state index contributed by atoms with van der Waals surface area (Å²) in [7, 11) is 1.74. The van der Waals surface area contributed by atoms with Gasteiger partial charge in [-0.1, -0.05) is 6.92 Å². The molecule has 0 aromatic carbocycles. The maximum atomic E-state index is 8.39. The Morgan fingerprint density at radius 2 is 2.30 bits per heavy atom. The van der Waals surface area contributed by atoms with Crippen LogP contribution in [0, 0.1) is 24.5 Å². The minimum absolute atomic E-state index is 0. The van der Waals surface area contributed by atoms with E-state index in [2.05, 4.69) is 11.3 Å². The normalized spacial score (nSPS) is 8.10. The monoisotopic (exact) mass is 304 g/mol. The molecule has 4 heteroatoms. The first-order valence-corrected chi connectivity index (χ1v) is 2.57. The van der Waals surface area contributed by atoms with Crippen LogP contribution in [0.2, 0.25) is 0 Å². The molecule has 1 aromatic rings. The second-order valence-electron chi connectivity index (χ2n) is 1.82. The minimum Gasteiger partial charge on any atom is -0.378 e. The average Bonchev–Trinajstić information content (AvgIpc) is 2.10. The van der Waals surface area contributed by atoms with Gasteiger partial charge in [0.2, 0.25) is 0 Å².